The first-order chi connectivity index (χ1) is 6.84. The van der Waals surface area contributed by atoms with E-state index in [-0.39, 0.29) is 0 Å². The number of hydrogen-bond acceptors (Lipinski definition) is 2. The van der Waals surface area contributed by atoms with Gasteiger partial charge in [0, 0.05) is 18.3 Å². The Morgan fingerprint density at radius 1 is 1.36 bits per heavy atom. The molecular formula is C12H16N2. The Morgan fingerprint density at radius 3 is 2.86 bits per heavy atom. The highest BCUT2D eigenvalue weighted by Crippen LogP contribution is 2.09. The molecule has 0 bridgehead atoms. The third-order valence-electron chi connectivity index (χ3n) is 2.53. The highest BCUT2D eigenvalue weighted by Gasteiger charge is 2.08. The molecule has 74 valence electrons. The van der Waals surface area contributed by atoms with Gasteiger partial charge in [-0.2, -0.15) is 0 Å². The Kier molecular flexibility index (Phi) is 2.94. The summed E-state index contributed by atoms with van der Waals surface area (Å²) in [5.74, 6) is 0. The molecule has 0 aliphatic heterocycles. The van der Waals surface area contributed by atoms with Crippen molar-refractivity contribution in [1.29, 1.82) is 0 Å². The van der Waals surface area contributed by atoms with Crippen molar-refractivity contribution in [3.05, 3.63) is 41.7 Å². The second-order valence-electron chi connectivity index (χ2n) is 3.79. The maximum absolute atomic E-state index is 4.45. The van der Waals surface area contributed by atoms with Gasteiger partial charge in [0.1, 0.15) is 0 Å². The van der Waals surface area contributed by atoms with Crippen LogP contribution in [0.1, 0.15) is 24.2 Å². The lowest BCUT2D eigenvalue weighted by molar-refractivity contribution is 0.533. The molecule has 0 saturated heterocycles. The van der Waals surface area contributed by atoms with Gasteiger partial charge in [-0.25, -0.2) is 0 Å². The molecule has 1 N–H and O–H groups in total. The average molecular weight is 188 g/mol. The van der Waals surface area contributed by atoms with E-state index < -0.39 is 0 Å². The first-order valence-corrected chi connectivity index (χ1v) is 5.15. The van der Waals surface area contributed by atoms with Crippen LogP contribution in [0.4, 0.5) is 0 Å². The van der Waals surface area contributed by atoms with Gasteiger partial charge in [-0.1, -0.05) is 18.2 Å². The number of aromatic nitrogens is 1. The molecule has 0 unspecified atom stereocenters. The molecule has 0 fully saturated rings. The topological polar surface area (TPSA) is 24.9 Å². The molecule has 0 amide bonds. The molecule has 1 aliphatic carbocycles. The fourth-order valence-electron chi connectivity index (χ4n) is 1.73. The quantitative estimate of drug-likeness (QED) is 0.735. The fraction of sp³-hybridized carbons (Fsp3) is 0.417. The van der Waals surface area contributed by atoms with Crippen molar-refractivity contribution in [2.75, 3.05) is 0 Å². The average Bonchev–Trinajstić information content (AvgIpc) is 2.67. The highest BCUT2D eigenvalue weighted by atomic mass is 14.9. The molecular weight excluding hydrogens is 172 g/mol. The zero-order valence-electron chi connectivity index (χ0n) is 8.53. The van der Waals surface area contributed by atoms with E-state index in [1.165, 1.54) is 0 Å². The summed E-state index contributed by atoms with van der Waals surface area (Å²) in [5.41, 5.74) is 2.23. The monoisotopic (exact) mass is 188 g/mol. The minimum absolute atomic E-state index is 0.623. The maximum Gasteiger partial charge on any atom is 0.0544 e. The Hall–Kier alpha value is -1.15. The molecule has 0 saturated carbocycles. The van der Waals surface area contributed by atoms with Gasteiger partial charge in [0.05, 0.1) is 5.69 Å². The van der Waals surface area contributed by atoms with Gasteiger partial charge in [-0.15, -0.1) is 0 Å². The summed E-state index contributed by atoms with van der Waals surface area (Å²) in [6.45, 7) is 2.91. The van der Waals surface area contributed by atoms with Gasteiger partial charge in [-0.05, 0) is 31.9 Å². The summed E-state index contributed by atoms with van der Waals surface area (Å²) in [6.07, 6.45) is 6.79. The second kappa shape index (κ2) is 4.38. The van der Waals surface area contributed by atoms with E-state index in [9.17, 15) is 0 Å². The van der Waals surface area contributed by atoms with Gasteiger partial charge in [0.2, 0.25) is 0 Å². The van der Waals surface area contributed by atoms with Crippen molar-refractivity contribution in [1.82, 2.24) is 10.3 Å². The largest absolute Gasteiger partial charge is 0.308 e. The zero-order chi connectivity index (χ0) is 9.80. The predicted octanol–water partition coefficient (Wildman–Crippen LogP) is 2.20. The summed E-state index contributed by atoms with van der Waals surface area (Å²) in [6, 6.07) is 6.78. The van der Waals surface area contributed by atoms with Crippen molar-refractivity contribution < 1.29 is 0 Å². The van der Waals surface area contributed by atoms with Gasteiger partial charge >= 0.3 is 0 Å². The van der Waals surface area contributed by atoms with Gasteiger partial charge < -0.3 is 5.32 Å². The second-order valence-corrected chi connectivity index (χ2v) is 3.79. The van der Waals surface area contributed by atoms with E-state index >= 15 is 0 Å². The van der Waals surface area contributed by atoms with Crippen LogP contribution in [-0.2, 0) is 6.54 Å². The number of rotatable bonds is 3. The lowest BCUT2D eigenvalue weighted by Gasteiger charge is -2.11. The standard InChI is InChI=1S/C12H16N2/c1-10-5-4-8-12(14-10)9-13-11-6-2-3-7-11/h2-5,8,11,13H,6-7,9H2,1H3. The molecule has 0 atom stereocenters. The summed E-state index contributed by atoms with van der Waals surface area (Å²) in [4.78, 5) is 4.45. The van der Waals surface area contributed by atoms with Crippen LogP contribution in [0.3, 0.4) is 0 Å². The smallest absolute Gasteiger partial charge is 0.0544 e. The first-order valence-electron chi connectivity index (χ1n) is 5.15. The fourth-order valence-corrected chi connectivity index (χ4v) is 1.73. The van der Waals surface area contributed by atoms with Crippen LogP contribution in [0, 0.1) is 6.92 Å². The Bertz CT molecular complexity index is 323. The van der Waals surface area contributed by atoms with Crippen LogP contribution in [0.15, 0.2) is 30.4 Å². The number of aryl methyl sites for hydroxylation is 1. The summed E-state index contributed by atoms with van der Waals surface area (Å²) >= 11 is 0. The van der Waals surface area contributed by atoms with Crippen LogP contribution in [0.2, 0.25) is 0 Å². The lowest BCUT2D eigenvalue weighted by Crippen LogP contribution is -2.26. The van der Waals surface area contributed by atoms with E-state index in [4.69, 9.17) is 0 Å². The molecule has 2 rings (SSSR count). The van der Waals surface area contributed by atoms with Gasteiger partial charge in [0.25, 0.3) is 0 Å². The van der Waals surface area contributed by atoms with Crippen molar-refractivity contribution >= 4 is 0 Å². The van der Waals surface area contributed by atoms with Crippen molar-refractivity contribution in [3.63, 3.8) is 0 Å². The molecule has 0 spiro atoms. The predicted molar refractivity (Wildman–Crippen MR) is 58.0 cm³/mol. The molecule has 0 aromatic carbocycles. The number of hydrogen-bond donors (Lipinski definition) is 1. The van der Waals surface area contributed by atoms with Crippen LogP contribution in [0.5, 0.6) is 0 Å². The van der Waals surface area contributed by atoms with E-state index in [0.29, 0.717) is 6.04 Å². The normalized spacial score (nSPS) is 16.4. The van der Waals surface area contributed by atoms with Crippen molar-refractivity contribution in [2.45, 2.75) is 32.4 Å². The summed E-state index contributed by atoms with van der Waals surface area (Å²) < 4.78 is 0. The van der Waals surface area contributed by atoms with Crippen molar-refractivity contribution in [2.24, 2.45) is 0 Å². The van der Waals surface area contributed by atoms with E-state index in [1.807, 2.05) is 13.0 Å². The summed E-state index contributed by atoms with van der Waals surface area (Å²) in [5, 5.41) is 3.50. The molecule has 2 nitrogen and oxygen atoms in total. The third kappa shape index (κ3) is 2.42. The summed E-state index contributed by atoms with van der Waals surface area (Å²) in [7, 11) is 0. The number of nitrogens with one attached hydrogen (secondary N) is 1. The minimum atomic E-state index is 0.623. The Balaban J connectivity index is 1.85. The van der Waals surface area contributed by atoms with E-state index in [0.717, 1.165) is 30.8 Å². The van der Waals surface area contributed by atoms with E-state index in [2.05, 4.69) is 34.6 Å². The minimum Gasteiger partial charge on any atom is -0.308 e. The first kappa shape index (κ1) is 9.41. The van der Waals surface area contributed by atoms with Crippen LogP contribution in [0.25, 0.3) is 0 Å². The van der Waals surface area contributed by atoms with Crippen LogP contribution in [-0.4, -0.2) is 11.0 Å². The van der Waals surface area contributed by atoms with Crippen molar-refractivity contribution in [3.8, 4) is 0 Å². The molecule has 1 heterocycles. The lowest BCUT2D eigenvalue weighted by atomic mass is 10.2. The SMILES string of the molecule is Cc1cccc(CNC2CC=CC2)n1. The third-order valence-corrected chi connectivity index (χ3v) is 2.53. The van der Waals surface area contributed by atoms with Gasteiger partial charge in [0.15, 0.2) is 0 Å². The molecule has 14 heavy (non-hydrogen) atoms. The Morgan fingerprint density at radius 2 is 2.14 bits per heavy atom. The molecule has 1 aromatic heterocycles. The van der Waals surface area contributed by atoms with Crippen LogP contribution >= 0.6 is 0 Å². The molecule has 1 aromatic rings. The Labute approximate surface area is 85.1 Å². The van der Waals surface area contributed by atoms with E-state index in [1.54, 1.807) is 0 Å². The van der Waals surface area contributed by atoms with Gasteiger partial charge in [-0.3, -0.25) is 4.98 Å². The molecule has 1 aliphatic rings. The number of nitrogens with zero attached hydrogens (tertiary/aromatic N) is 1. The molecule has 0 radical (unpaired) electrons. The molecule has 2 heteroatoms. The zero-order valence-corrected chi connectivity index (χ0v) is 8.53. The highest BCUT2D eigenvalue weighted by molar-refractivity contribution is 5.10. The van der Waals surface area contributed by atoms with Crippen LogP contribution < -0.4 is 5.32 Å². The maximum atomic E-state index is 4.45. The number of pyridine rings is 1.